The van der Waals surface area contributed by atoms with Gasteiger partial charge in [-0.05, 0) is 15.9 Å². The van der Waals surface area contributed by atoms with Crippen LogP contribution in [0.3, 0.4) is 0 Å². The average Bonchev–Trinajstić information content (AvgIpc) is 2.86. The highest BCUT2D eigenvalue weighted by Gasteiger charge is 2.22. The van der Waals surface area contributed by atoms with Gasteiger partial charge in [-0.25, -0.2) is 4.39 Å². The lowest BCUT2D eigenvalue weighted by atomic mass is 10.1. The Labute approximate surface area is 116 Å². The first kappa shape index (κ1) is 13.8. The topological polar surface area (TPSA) is 83.4 Å². The highest BCUT2D eigenvalue weighted by molar-refractivity contribution is 9.10. The van der Waals surface area contributed by atoms with Crippen LogP contribution >= 0.6 is 15.9 Å². The van der Waals surface area contributed by atoms with E-state index in [0.29, 0.717) is 10.2 Å². The molecule has 0 aliphatic carbocycles. The third-order valence-electron chi connectivity index (χ3n) is 2.43. The molecule has 0 aliphatic rings. The number of benzene rings is 1. The summed E-state index contributed by atoms with van der Waals surface area (Å²) in [5, 5.41) is 3.68. The van der Waals surface area contributed by atoms with Crippen LogP contribution in [0.5, 0.6) is 11.5 Å². The molecule has 0 aliphatic heterocycles. The lowest BCUT2D eigenvalue weighted by Gasteiger charge is -2.12. The second-order valence-corrected chi connectivity index (χ2v) is 4.29. The minimum atomic E-state index is -0.561. The Bertz CT molecular complexity index is 603. The predicted molar refractivity (Wildman–Crippen MR) is 68.4 cm³/mol. The second kappa shape index (κ2) is 5.54. The van der Waals surface area contributed by atoms with Gasteiger partial charge in [-0.3, -0.25) is 0 Å². The number of methoxy groups -OCH3 is 2. The molecule has 0 amide bonds. The number of nitrogens with two attached hydrogens (primary N) is 1. The first-order valence-electron chi connectivity index (χ1n) is 5.25. The van der Waals surface area contributed by atoms with E-state index in [0.717, 1.165) is 0 Å². The highest BCUT2D eigenvalue weighted by Crippen LogP contribution is 2.42. The molecule has 1 heterocycles. The van der Waals surface area contributed by atoms with Crippen molar-refractivity contribution in [2.75, 3.05) is 14.2 Å². The van der Waals surface area contributed by atoms with E-state index < -0.39 is 5.82 Å². The summed E-state index contributed by atoms with van der Waals surface area (Å²) in [6.45, 7) is 0.0829. The molecule has 0 saturated carbocycles. The quantitative estimate of drug-likeness (QED) is 0.923. The van der Waals surface area contributed by atoms with Gasteiger partial charge >= 0.3 is 0 Å². The molecule has 2 aromatic rings. The highest BCUT2D eigenvalue weighted by atomic mass is 79.9. The lowest BCUT2D eigenvalue weighted by molar-refractivity contribution is 0.350. The van der Waals surface area contributed by atoms with Crippen molar-refractivity contribution in [3.05, 3.63) is 22.2 Å². The molecule has 0 bridgehead atoms. The summed E-state index contributed by atoms with van der Waals surface area (Å²) in [7, 11) is 2.87. The van der Waals surface area contributed by atoms with Crippen LogP contribution in [0.4, 0.5) is 4.39 Å². The third-order valence-corrected chi connectivity index (χ3v) is 3.19. The van der Waals surface area contributed by atoms with Crippen LogP contribution in [0.25, 0.3) is 11.4 Å². The van der Waals surface area contributed by atoms with Gasteiger partial charge in [-0.1, -0.05) is 5.16 Å². The molecule has 0 saturated heterocycles. The molecular weight excluding hydrogens is 321 g/mol. The van der Waals surface area contributed by atoms with Crippen molar-refractivity contribution in [1.29, 1.82) is 0 Å². The number of hydrogen-bond donors (Lipinski definition) is 1. The number of hydrogen-bond acceptors (Lipinski definition) is 6. The zero-order valence-corrected chi connectivity index (χ0v) is 11.8. The molecule has 6 nitrogen and oxygen atoms in total. The molecule has 8 heteroatoms. The Hall–Kier alpha value is -1.67. The molecule has 0 radical (unpaired) electrons. The van der Waals surface area contributed by atoms with Crippen molar-refractivity contribution in [1.82, 2.24) is 10.1 Å². The van der Waals surface area contributed by atoms with Gasteiger partial charge in [0.05, 0.1) is 30.8 Å². The Morgan fingerprint density at radius 2 is 2.16 bits per heavy atom. The van der Waals surface area contributed by atoms with Crippen LogP contribution < -0.4 is 15.2 Å². The van der Waals surface area contributed by atoms with Crippen LogP contribution in [0.15, 0.2) is 15.1 Å². The Morgan fingerprint density at radius 1 is 1.42 bits per heavy atom. The fourth-order valence-electron chi connectivity index (χ4n) is 1.57. The Morgan fingerprint density at radius 3 is 2.68 bits per heavy atom. The number of nitrogens with zero attached hydrogens (tertiary/aromatic N) is 2. The van der Waals surface area contributed by atoms with E-state index in [2.05, 4.69) is 26.1 Å². The zero-order valence-electron chi connectivity index (χ0n) is 10.2. The van der Waals surface area contributed by atoms with Crippen LogP contribution in [0, 0.1) is 5.82 Å². The van der Waals surface area contributed by atoms with Gasteiger partial charge in [-0.2, -0.15) is 4.98 Å². The summed E-state index contributed by atoms with van der Waals surface area (Å²) >= 11 is 3.25. The monoisotopic (exact) mass is 331 g/mol. The van der Waals surface area contributed by atoms with Crippen molar-refractivity contribution in [2.45, 2.75) is 6.54 Å². The lowest BCUT2D eigenvalue weighted by Crippen LogP contribution is -1.98. The van der Waals surface area contributed by atoms with E-state index in [4.69, 9.17) is 19.7 Å². The molecule has 1 aromatic carbocycles. The van der Waals surface area contributed by atoms with E-state index in [-0.39, 0.29) is 29.6 Å². The summed E-state index contributed by atoms with van der Waals surface area (Å²) in [6.07, 6.45) is 0. The SMILES string of the molecule is COc1cc(F)c(-c2noc(CN)n2)c(Br)c1OC. The van der Waals surface area contributed by atoms with E-state index in [1.165, 1.54) is 20.3 Å². The van der Waals surface area contributed by atoms with Crippen molar-refractivity contribution >= 4 is 15.9 Å². The normalized spacial score (nSPS) is 10.6. The van der Waals surface area contributed by atoms with Gasteiger partial charge < -0.3 is 19.7 Å². The summed E-state index contributed by atoms with van der Waals surface area (Å²) in [6, 6.07) is 1.19. The molecule has 0 atom stereocenters. The van der Waals surface area contributed by atoms with E-state index in [1.807, 2.05) is 0 Å². The third kappa shape index (κ3) is 2.41. The minimum Gasteiger partial charge on any atom is -0.493 e. The van der Waals surface area contributed by atoms with Crippen molar-refractivity contribution in [2.24, 2.45) is 5.73 Å². The molecule has 102 valence electrons. The largest absolute Gasteiger partial charge is 0.493 e. The van der Waals surface area contributed by atoms with E-state index in [9.17, 15) is 4.39 Å². The van der Waals surface area contributed by atoms with Gasteiger partial charge in [0.25, 0.3) is 0 Å². The molecule has 19 heavy (non-hydrogen) atoms. The van der Waals surface area contributed by atoms with Crippen molar-refractivity contribution < 1.29 is 18.4 Å². The van der Waals surface area contributed by atoms with Gasteiger partial charge in [0.2, 0.25) is 11.7 Å². The molecule has 0 spiro atoms. The zero-order chi connectivity index (χ0) is 14.0. The van der Waals surface area contributed by atoms with Gasteiger partial charge in [0, 0.05) is 6.07 Å². The maximum atomic E-state index is 14.1. The molecule has 0 fully saturated rings. The van der Waals surface area contributed by atoms with E-state index in [1.54, 1.807) is 0 Å². The molecule has 2 N–H and O–H groups in total. The Kier molecular flexibility index (Phi) is 4.01. The summed E-state index contributed by atoms with van der Waals surface area (Å²) in [5.74, 6) is 0.354. The van der Waals surface area contributed by atoms with Gasteiger partial charge in [-0.15, -0.1) is 0 Å². The van der Waals surface area contributed by atoms with Crippen molar-refractivity contribution in [3.8, 4) is 22.9 Å². The summed E-state index contributed by atoms with van der Waals surface area (Å²) in [4.78, 5) is 3.98. The predicted octanol–water partition coefficient (Wildman–Crippen LogP) is 2.11. The summed E-state index contributed by atoms with van der Waals surface area (Å²) < 4.78 is 29.5. The van der Waals surface area contributed by atoms with Crippen LogP contribution in [0.1, 0.15) is 5.89 Å². The molecular formula is C11H11BrFN3O3. The molecule has 1 aromatic heterocycles. The van der Waals surface area contributed by atoms with Crippen LogP contribution in [-0.4, -0.2) is 24.4 Å². The van der Waals surface area contributed by atoms with Crippen molar-refractivity contribution in [3.63, 3.8) is 0 Å². The smallest absolute Gasteiger partial charge is 0.240 e. The maximum Gasteiger partial charge on any atom is 0.240 e. The Balaban J connectivity index is 2.63. The molecule has 2 rings (SSSR count). The van der Waals surface area contributed by atoms with E-state index >= 15 is 0 Å². The number of aromatic nitrogens is 2. The summed E-state index contributed by atoms with van der Waals surface area (Å²) in [5.41, 5.74) is 5.50. The number of ether oxygens (including phenoxy) is 2. The average molecular weight is 332 g/mol. The first-order valence-corrected chi connectivity index (χ1v) is 6.04. The standard InChI is InChI=1S/C11H11BrFN3O3/c1-17-6-3-5(13)8(9(12)10(6)18-2)11-15-7(4-14)19-16-11/h3H,4,14H2,1-2H3. The fourth-order valence-corrected chi connectivity index (χ4v) is 2.29. The second-order valence-electron chi connectivity index (χ2n) is 3.50. The number of rotatable bonds is 4. The van der Waals surface area contributed by atoms with Crippen LogP contribution in [-0.2, 0) is 6.54 Å². The maximum absolute atomic E-state index is 14.1. The van der Waals surface area contributed by atoms with Gasteiger partial charge in [0.1, 0.15) is 5.82 Å². The fraction of sp³-hybridized carbons (Fsp3) is 0.273. The minimum absolute atomic E-state index is 0.0829. The van der Waals surface area contributed by atoms with Crippen LogP contribution in [0.2, 0.25) is 0 Å². The molecule has 0 unspecified atom stereocenters. The first-order chi connectivity index (χ1) is 9.12. The number of halogens is 2. The van der Waals surface area contributed by atoms with Gasteiger partial charge in [0.15, 0.2) is 11.5 Å².